The number of hydrogen-bond donors (Lipinski definition) is 1. The van der Waals surface area contributed by atoms with Gasteiger partial charge in [-0.3, -0.25) is 4.90 Å². The zero-order chi connectivity index (χ0) is 13.1. The minimum Gasteiger partial charge on any atom is -0.384 e. The monoisotopic (exact) mass is 249 g/mol. The third kappa shape index (κ3) is 3.40. The lowest BCUT2D eigenvalue weighted by atomic mass is 10.2. The highest BCUT2D eigenvalue weighted by Crippen LogP contribution is 2.12. The van der Waals surface area contributed by atoms with Crippen molar-refractivity contribution >= 4 is 5.82 Å². The van der Waals surface area contributed by atoms with Gasteiger partial charge in [-0.2, -0.15) is 0 Å². The van der Waals surface area contributed by atoms with E-state index < -0.39 is 0 Å². The van der Waals surface area contributed by atoms with E-state index in [0.29, 0.717) is 11.9 Å². The van der Waals surface area contributed by atoms with E-state index in [2.05, 4.69) is 33.7 Å². The highest BCUT2D eigenvalue weighted by atomic mass is 15.2. The van der Waals surface area contributed by atoms with E-state index in [9.17, 15) is 0 Å². The van der Waals surface area contributed by atoms with Crippen molar-refractivity contribution in [1.82, 2.24) is 19.8 Å². The summed E-state index contributed by atoms with van der Waals surface area (Å²) in [7, 11) is 2.18. The molecule has 1 fully saturated rings. The van der Waals surface area contributed by atoms with Gasteiger partial charge in [0.1, 0.15) is 11.6 Å². The molecular weight excluding hydrogens is 226 g/mol. The standard InChI is InChI=1S/C13H23N5/c1-10-7-12(14)16-13(15-10)9-18-6-4-5-17(3)8-11(18)2/h7,11H,4-6,8-9H2,1-3H3,(H2,14,15,16). The molecule has 0 radical (unpaired) electrons. The topological polar surface area (TPSA) is 58.3 Å². The third-order valence-corrected chi connectivity index (χ3v) is 3.45. The molecule has 1 aliphatic heterocycles. The number of likely N-dealkylation sites (N-methyl/N-ethyl adjacent to an activating group) is 1. The Morgan fingerprint density at radius 3 is 2.89 bits per heavy atom. The van der Waals surface area contributed by atoms with Crippen molar-refractivity contribution in [1.29, 1.82) is 0 Å². The molecule has 1 saturated heterocycles. The van der Waals surface area contributed by atoms with Crippen molar-refractivity contribution in [3.8, 4) is 0 Å². The third-order valence-electron chi connectivity index (χ3n) is 3.45. The number of nitrogen functional groups attached to an aromatic ring is 1. The average Bonchev–Trinajstić information content (AvgIpc) is 2.39. The number of aryl methyl sites for hydroxylation is 1. The first-order chi connectivity index (χ1) is 8.54. The Labute approximate surface area is 109 Å². The second kappa shape index (κ2) is 5.63. The van der Waals surface area contributed by atoms with Crippen LogP contribution >= 0.6 is 0 Å². The van der Waals surface area contributed by atoms with E-state index in [0.717, 1.165) is 37.7 Å². The first-order valence-electron chi connectivity index (χ1n) is 6.57. The van der Waals surface area contributed by atoms with Gasteiger partial charge >= 0.3 is 0 Å². The zero-order valence-electron chi connectivity index (χ0n) is 11.6. The van der Waals surface area contributed by atoms with E-state index in [-0.39, 0.29) is 0 Å². The summed E-state index contributed by atoms with van der Waals surface area (Å²) in [5.41, 5.74) is 6.72. The number of aromatic nitrogens is 2. The first kappa shape index (κ1) is 13.2. The fraction of sp³-hybridized carbons (Fsp3) is 0.692. The summed E-state index contributed by atoms with van der Waals surface area (Å²) in [6, 6.07) is 2.34. The van der Waals surface area contributed by atoms with Crippen LogP contribution in [0.1, 0.15) is 24.9 Å². The van der Waals surface area contributed by atoms with Crippen LogP contribution < -0.4 is 5.73 Å². The maximum Gasteiger partial charge on any atom is 0.144 e. The summed E-state index contributed by atoms with van der Waals surface area (Å²) in [6.45, 7) is 8.38. The summed E-state index contributed by atoms with van der Waals surface area (Å²) in [5, 5.41) is 0. The molecular formula is C13H23N5. The van der Waals surface area contributed by atoms with Gasteiger partial charge in [-0.15, -0.1) is 0 Å². The molecule has 1 aromatic heterocycles. The Balaban J connectivity index is 2.07. The lowest BCUT2D eigenvalue weighted by Crippen LogP contribution is -2.37. The smallest absolute Gasteiger partial charge is 0.144 e. The van der Waals surface area contributed by atoms with Crippen LogP contribution in [0.15, 0.2) is 6.07 Å². The molecule has 0 amide bonds. The second-order valence-electron chi connectivity index (χ2n) is 5.29. The van der Waals surface area contributed by atoms with Crippen LogP contribution in [0.25, 0.3) is 0 Å². The largest absolute Gasteiger partial charge is 0.384 e. The van der Waals surface area contributed by atoms with Gasteiger partial charge in [0.05, 0.1) is 6.54 Å². The van der Waals surface area contributed by atoms with E-state index >= 15 is 0 Å². The van der Waals surface area contributed by atoms with Crippen molar-refractivity contribution in [3.63, 3.8) is 0 Å². The van der Waals surface area contributed by atoms with Crippen LogP contribution in [0.4, 0.5) is 5.82 Å². The summed E-state index contributed by atoms with van der Waals surface area (Å²) in [6.07, 6.45) is 1.20. The Morgan fingerprint density at radius 2 is 2.17 bits per heavy atom. The van der Waals surface area contributed by atoms with E-state index in [1.165, 1.54) is 6.42 Å². The first-order valence-corrected chi connectivity index (χ1v) is 6.57. The van der Waals surface area contributed by atoms with Gasteiger partial charge < -0.3 is 10.6 Å². The molecule has 1 unspecified atom stereocenters. The van der Waals surface area contributed by atoms with Crippen LogP contribution in [0.2, 0.25) is 0 Å². The fourth-order valence-corrected chi connectivity index (χ4v) is 2.57. The normalized spacial score (nSPS) is 22.9. The summed E-state index contributed by atoms with van der Waals surface area (Å²) < 4.78 is 0. The Morgan fingerprint density at radius 1 is 1.39 bits per heavy atom. The van der Waals surface area contributed by atoms with Crippen LogP contribution in [0, 0.1) is 6.92 Å². The molecule has 2 N–H and O–H groups in total. The van der Waals surface area contributed by atoms with Crippen LogP contribution in [0.3, 0.4) is 0 Å². The summed E-state index contributed by atoms with van der Waals surface area (Å²) in [5.74, 6) is 1.40. The maximum absolute atomic E-state index is 5.77. The lowest BCUT2D eigenvalue weighted by molar-refractivity contribution is 0.190. The molecule has 0 spiro atoms. The lowest BCUT2D eigenvalue weighted by Gasteiger charge is -2.27. The van der Waals surface area contributed by atoms with Gasteiger partial charge in [0.15, 0.2) is 0 Å². The molecule has 0 bridgehead atoms. The van der Waals surface area contributed by atoms with Gasteiger partial charge in [0, 0.05) is 30.9 Å². The predicted octanol–water partition coefficient (Wildman–Crippen LogP) is 0.893. The molecule has 2 rings (SSSR count). The van der Waals surface area contributed by atoms with Crippen molar-refractivity contribution in [2.24, 2.45) is 0 Å². The fourth-order valence-electron chi connectivity index (χ4n) is 2.57. The van der Waals surface area contributed by atoms with Gasteiger partial charge in [0.25, 0.3) is 0 Å². The molecule has 1 atom stereocenters. The number of anilines is 1. The molecule has 5 nitrogen and oxygen atoms in total. The number of hydrogen-bond acceptors (Lipinski definition) is 5. The van der Waals surface area contributed by atoms with Gasteiger partial charge in [-0.25, -0.2) is 9.97 Å². The second-order valence-corrected chi connectivity index (χ2v) is 5.29. The van der Waals surface area contributed by atoms with Crippen molar-refractivity contribution < 1.29 is 0 Å². The summed E-state index contributed by atoms with van der Waals surface area (Å²) >= 11 is 0. The Bertz CT molecular complexity index is 386. The average molecular weight is 249 g/mol. The van der Waals surface area contributed by atoms with Crippen molar-refractivity contribution in [2.45, 2.75) is 32.9 Å². The van der Waals surface area contributed by atoms with Gasteiger partial charge in [-0.05, 0) is 33.9 Å². The quantitative estimate of drug-likeness (QED) is 0.843. The zero-order valence-corrected chi connectivity index (χ0v) is 11.6. The Hall–Kier alpha value is -1.20. The molecule has 5 heteroatoms. The molecule has 0 aliphatic carbocycles. The van der Waals surface area contributed by atoms with E-state index in [4.69, 9.17) is 5.73 Å². The van der Waals surface area contributed by atoms with E-state index in [1.54, 1.807) is 0 Å². The van der Waals surface area contributed by atoms with Gasteiger partial charge in [-0.1, -0.05) is 0 Å². The maximum atomic E-state index is 5.77. The van der Waals surface area contributed by atoms with Crippen LogP contribution in [-0.4, -0.2) is 52.5 Å². The van der Waals surface area contributed by atoms with Crippen LogP contribution in [-0.2, 0) is 6.54 Å². The minimum atomic E-state index is 0.530. The van der Waals surface area contributed by atoms with Crippen molar-refractivity contribution in [2.75, 3.05) is 32.4 Å². The molecule has 0 saturated carbocycles. The van der Waals surface area contributed by atoms with Gasteiger partial charge in [0.2, 0.25) is 0 Å². The molecule has 0 aromatic carbocycles. The summed E-state index contributed by atoms with van der Waals surface area (Å²) in [4.78, 5) is 13.6. The minimum absolute atomic E-state index is 0.530. The van der Waals surface area contributed by atoms with E-state index in [1.807, 2.05) is 13.0 Å². The molecule has 2 heterocycles. The molecule has 1 aliphatic rings. The number of rotatable bonds is 2. The molecule has 18 heavy (non-hydrogen) atoms. The molecule has 100 valence electrons. The van der Waals surface area contributed by atoms with Crippen molar-refractivity contribution in [3.05, 3.63) is 17.6 Å². The predicted molar refractivity (Wildman–Crippen MR) is 73.2 cm³/mol. The highest BCUT2D eigenvalue weighted by Gasteiger charge is 2.20. The van der Waals surface area contributed by atoms with Crippen LogP contribution in [0.5, 0.6) is 0 Å². The molecule has 1 aromatic rings. The highest BCUT2D eigenvalue weighted by molar-refractivity contribution is 5.29. The number of nitrogens with two attached hydrogens (primary N) is 1. The Kier molecular flexibility index (Phi) is 4.14. The number of nitrogens with zero attached hydrogens (tertiary/aromatic N) is 4. The SMILES string of the molecule is Cc1cc(N)nc(CN2CCCN(C)CC2C)n1.